The second-order valence-electron chi connectivity index (χ2n) is 4.24. The number of oxime groups is 1. The van der Waals surface area contributed by atoms with Crippen LogP contribution >= 0.6 is 34.2 Å². The maximum atomic E-state index is 14.2. The predicted octanol–water partition coefficient (Wildman–Crippen LogP) is 3.79. The summed E-state index contributed by atoms with van der Waals surface area (Å²) in [5.74, 6) is -0.788. The van der Waals surface area contributed by atoms with E-state index in [1.54, 1.807) is 12.1 Å². The van der Waals surface area contributed by atoms with Gasteiger partial charge < -0.3 is 16.3 Å². The monoisotopic (exact) mass is 419 g/mol. The summed E-state index contributed by atoms with van der Waals surface area (Å²) in [7, 11) is 0. The Labute approximate surface area is 139 Å². The lowest BCUT2D eigenvalue weighted by Gasteiger charge is -2.11. The molecule has 4 nitrogen and oxygen atoms in total. The smallest absolute Gasteiger partial charge is 0.173 e. The average molecular weight is 420 g/mol. The summed E-state index contributed by atoms with van der Waals surface area (Å²) in [6, 6.07) is 10.3. The molecule has 0 fully saturated rings. The number of rotatable bonds is 4. The molecule has 0 unspecified atom stereocenters. The van der Waals surface area contributed by atoms with E-state index in [-0.39, 0.29) is 17.9 Å². The third-order valence-electron chi connectivity index (χ3n) is 2.86. The molecule has 2 aromatic carbocycles. The zero-order valence-corrected chi connectivity index (χ0v) is 13.7. The highest BCUT2D eigenvalue weighted by molar-refractivity contribution is 14.1. The summed E-state index contributed by atoms with van der Waals surface area (Å²) in [6.07, 6.45) is 0. The molecular weight excluding hydrogens is 408 g/mol. The van der Waals surface area contributed by atoms with Crippen molar-refractivity contribution in [3.05, 3.63) is 61.9 Å². The SMILES string of the molecule is N/C(=N/O)c1cccc(CNc2ccc(I)cc2Cl)c1F. The van der Waals surface area contributed by atoms with Crippen molar-refractivity contribution < 1.29 is 9.60 Å². The van der Waals surface area contributed by atoms with E-state index in [2.05, 4.69) is 33.1 Å². The average Bonchev–Trinajstić information content (AvgIpc) is 2.47. The largest absolute Gasteiger partial charge is 0.409 e. The fourth-order valence-electron chi connectivity index (χ4n) is 1.79. The Hall–Kier alpha value is -1.54. The van der Waals surface area contributed by atoms with E-state index in [0.717, 1.165) is 3.57 Å². The van der Waals surface area contributed by atoms with Crippen LogP contribution in [0.3, 0.4) is 0 Å². The molecule has 2 aromatic rings. The number of hydrogen-bond acceptors (Lipinski definition) is 3. The van der Waals surface area contributed by atoms with Gasteiger partial charge in [0.05, 0.1) is 16.3 Å². The van der Waals surface area contributed by atoms with E-state index in [1.807, 2.05) is 18.2 Å². The minimum atomic E-state index is -0.526. The number of hydrogen-bond donors (Lipinski definition) is 3. The second-order valence-corrected chi connectivity index (χ2v) is 5.89. The van der Waals surface area contributed by atoms with Crippen LogP contribution in [0.4, 0.5) is 10.1 Å². The van der Waals surface area contributed by atoms with Crippen LogP contribution in [-0.4, -0.2) is 11.0 Å². The van der Waals surface area contributed by atoms with Gasteiger partial charge in [-0.2, -0.15) is 0 Å². The molecule has 0 radical (unpaired) electrons. The number of halogens is 3. The number of benzene rings is 2. The molecule has 21 heavy (non-hydrogen) atoms. The molecule has 0 amide bonds. The van der Waals surface area contributed by atoms with Crippen LogP contribution in [-0.2, 0) is 6.54 Å². The molecular formula is C14H12ClFIN3O. The molecule has 0 aliphatic rings. The van der Waals surface area contributed by atoms with Gasteiger partial charge in [-0.1, -0.05) is 28.9 Å². The molecule has 2 rings (SSSR count). The second kappa shape index (κ2) is 6.95. The predicted molar refractivity (Wildman–Crippen MR) is 90.4 cm³/mol. The Bertz CT molecular complexity index is 694. The Morgan fingerprint density at radius 1 is 1.38 bits per heavy atom. The molecule has 0 aliphatic heterocycles. The number of nitrogens with one attached hydrogen (secondary N) is 1. The van der Waals surface area contributed by atoms with Gasteiger partial charge >= 0.3 is 0 Å². The maximum Gasteiger partial charge on any atom is 0.173 e. The van der Waals surface area contributed by atoms with Crippen molar-refractivity contribution in [1.82, 2.24) is 0 Å². The van der Waals surface area contributed by atoms with Crippen molar-refractivity contribution in [3.8, 4) is 0 Å². The third kappa shape index (κ3) is 3.76. The first-order valence-corrected chi connectivity index (χ1v) is 7.43. The lowest BCUT2D eigenvalue weighted by atomic mass is 10.1. The molecule has 0 aromatic heterocycles. The first-order valence-electron chi connectivity index (χ1n) is 5.97. The van der Waals surface area contributed by atoms with E-state index < -0.39 is 5.82 Å². The molecule has 0 saturated carbocycles. The first-order chi connectivity index (χ1) is 10.0. The Morgan fingerprint density at radius 3 is 2.81 bits per heavy atom. The summed E-state index contributed by atoms with van der Waals surface area (Å²) in [6.45, 7) is 0.235. The van der Waals surface area contributed by atoms with Gasteiger partial charge in [0.1, 0.15) is 5.82 Å². The lowest BCUT2D eigenvalue weighted by molar-refractivity contribution is 0.318. The van der Waals surface area contributed by atoms with Crippen molar-refractivity contribution in [1.29, 1.82) is 0 Å². The first kappa shape index (κ1) is 15.8. The van der Waals surface area contributed by atoms with Crippen molar-refractivity contribution >= 4 is 45.7 Å². The highest BCUT2D eigenvalue weighted by Crippen LogP contribution is 2.25. The Kier molecular flexibility index (Phi) is 5.24. The quantitative estimate of drug-likeness (QED) is 0.232. The summed E-state index contributed by atoms with van der Waals surface area (Å²) in [4.78, 5) is 0. The fraction of sp³-hybridized carbons (Fsp3) is 0.0714. The van der Waals surface area contributed by atoms with E-state index in [0.29, 0.717) is 16.3 Å². The van der Waals surface area contributed by atoms with Crippen LogP contribution in [0.2, 0.25) is 5.02 Å². The zero-order valence-electron chi connectivity index (χ0n) is 10.8. The number of amidine groups is 1. The molecule has 0 atom stereocenters. The molecule has 0 heterocycles. The van der Waals surface area contributed by atoms with Crippen molar-refractivity contribution in [3.63, 3.8) is 0 Å². The summed E-state index contributed by atoms with van der Waals surface area (Å²) >= 11 is 8.27. The van der Waals surface area contributed by atoms with Crippen molar-refractivity contribution in [2.24, 2.45) is 10.9 Å². The minimum Gasteiger partial charge on any atom is -0.409 e. The summed E-state index contributed by atoms with van der Waals surface area (Å²) < 4.78 is 15.2. The fourth-order valence-corrected chi connectivity index (χ4v) is 2.71. The highest BCUT2D eigenvalue weighted by Gasteiger charge is 2.11. The highest BCUT2D eigenvalue weighted by atomic mass is 127. The topological polar surface area (TPSA) is 70.6 Å². The molecule has 0 spiro atoms. The number of nitrogens with two attached hydrogens (primary N) is 1. The van der Waals surface area contributed by atoms with Crippen LogP contribution in [0.15, 0.2) is 41.6 Å². The molecule has 0 saturated heterocycles. The number of nitrogens with zero attached hydrogens (tertiary/aromatic N) is 1. The van der Waals surface area contributed by atoms with Gasteiger partial charge in [0.25, 0.3) is 0 Å². The van der Waals surface area contributed by atoms with Gasteiger partial charge in [0, 0.05) is 15.7 Å². The molecule has 0 aliphatic carbocycles. The van der Waals surface area contributed by atoms with Gasteiger partial charge in [0.15, 0.2) is 5.84 Å². The molecule has 4 N–H and O–H groups in total. The maximum absolute atomic E-state index is 14.2. The Morgan fingerprint density at radius 2 is 2.14 bits per heavy atom. The van der Waals surface area contributed by atoms with Crippen molar-refractivity contribution in [2.45, 2.75) is 6.54 Å². The Balaban J connectivity index is 2.21. The van der Waals surface area contributed by atoms with E-state index in [4.69, 9.17) is 22.5 Å². The van der Waals surface area contributed by atoms with Crippen LogP contribution in [0, 0.1) is 9.39 Å². The van der Waals surface area contributed by atoms with Gasteiger partial charge in [-0.15, -0.1) is 0 Å². The molecule has 110 valence electrons. The van der Waals surface area contributed by atoms with Gasteiger partial charge in [-0.25, -0.2) is 4.39 Å². The third-order valence-corrected chi connectivity index (χ3v) is 3.85. The molecule has 0 bridgehead atoms. The van der Waals surface area contributed by atoms with Crippen LogP contribution in [0.1, 0.15) is 11.1 Å². The standard InChI is InChI=1S/C14H12ClFIN3O/c15-11-6-9(17)4-5-12(11)19-7-8-2-1-3-10(13(8)16)14(18)20-21/h1-6,19,21H,7H2,(H2,18,20). The normalized spacial score (nSPS) is 11.5. The van der Waals surface area contributed by atoms with Crippen LogP contribution in [0.25, 0.3) is 0 Å². The summed E-state index contributed by atoms with van der Waals surface area (Å²) in [5.41, 5.74) is 6.60. The van der Waals surface area contributed by atoms with Gasteiger partial charge in [0.2, 0.25) is 0 Å². The zero-order chi connectivity index (χ0) is 15.4. The van der Waals surface area contributed by atoms with Gasteiger partial charge in [-0.3, -0.25) is 0 Å². The van der Waals surface area contributed by atoms with E-state index >= 15 is 0 Å². The number of anilines is 1. The minimum absolute atomic E-state index is 0.0607. The molecule has 7 heteroatoms. The summed E-state index contributed by atoms with van der Waals surface area (Å²) in [5, 5.41) is 15.1. The van der Waals surface area contributed by atoms with E-state index in [1.165, 1.54) is 6.07 Å². The van der Waals surface area contributed by atoms with E-state index in [9.17, 15) is 4.39 Å². The van der Waals surface area contributed by atoms with Crippen molar-refractivity contribution in [2.75, 3.05) is 5.32 Å². The van der Waals surface area contributed by atoms with Gasteiger partial charge in [-0.05, 0) is 46.9 Å². The van der Waals surface area contributed by atoms with Crippen LogP contribution < -0.4 is 11.1 Å². The van der Waals surface area contributed by atoms with Crippen LogP contribution in [0.5, 0.6) is 0 Å². The lowest BCUT2D eigenvalue weighted by Crippen LogP contribution is -2.16.